The SMILES string of the molecule is COc1cc(Br)c(NC(=O)CSc2nc(=O)cc(N)n2-c2ccc(Cl)cc2)c(Br)c1Br. The molecule has 0 aliphatic rings. The molecule has 0 aliphatic carbocycles. The van der Waals surface area contributed by atoms with Crippen LogP contribution in [0, 0.1) is 0 Å². The van der Waals surface area contributed by atoms with Crippen molar-refractivity contribution in [2.45, 2.75) is 5.16 Å². The number of rotatable bonds is 6. The largest absolute Gasteiger partial charge is 0.495 e. The molecule has 0 unspecified atom stereocenters. The number of anilines is 2. The summed E-state index contributed by atoms with van der Waals surface area (Å²) < 4.78 is 8.78. The predicted octanol–water partition coefficient (Wildman–Crippen LogP) is 5.50. The third-order valence-corrected chi connectivity index (χ3v) is 7.88. The number of benzene rings is 2. The summed E-state index contributed by atoms with van der Waals surface area (Å²) in [4.78, 5) is 28.6. The summed E-state index contributed by atoms with van der Waals surface area (Å²) in [6.45, 7) is 0. The lowest BCUT2D eigenvalue weighted by atomic mass is 10.3. The molecule has 3 aromatic rings. The van der Waals surface area contributed by atoms with Crippen LogP contribution in [0.25, 0.3) is 5.69 Å². The number of carbonyl (C=O) groups is 1. The van der Waals surface area contributed by atoms with Crippen molar-refractivity contribution in [3.05, 3.63) is 65.2 Å². The minimum atomic E-state index is -0.491. The Morgan fingerprint density at radius 1 is 1.23 bits per heavy atom. The van der Waals surface area contributed by atoms with Crippen LogP contribution in [-0.4, -0.2) is 28.3 Å². The van der Waals surface area contributed by atoms with Crippen molar-refractivity contribution >= 4 is 88.6 Å². The minimum Gasteiger partial charge on any atom is -0.495 e. The number of nitrogen functional groups attached to an aromatic ring is 1. The van der Waals surface area contributed by atoms with Gasteiger partial charge in [0.25, 0.3) is 5.56 Å². The Bertz CT molecular complexity index is 1210. The number of ether oxygens (including phenoxy) is 1. The minimum absolute atomic E-state index is 0.00793. The predicted molar refractivity (Wildman–Crippen MR) is 135 cm³/mol. The first kappa shape index (κ1) is 24.1. The molecular weight excluding hydrogens is 639 g/mol. The fraction of sp³-hybridized carbons (Fsp3) is 0.105. The van der Waals surface area contributed by atoms with E-state index in [1.165, 1.54) is 6.07 Å². The number of amides is 1. The molecule has 0 saturated heterocycles. The molecule has 0 spiro atoms. The Balaban J connectivity index is 1.84. The van der Waals surface area contributed by atoms with Gasteiger partial charge in [-0.15, -0.1) is 0 Å². The Hall–Kier alpha value is -1.53. The maximum Gasteiger partial charge on any atom is 0.275 e. The zero-order valence-corrected chi connectivity index (χ0v) is 22.1. The highest BCUT2D eigenvalue weighted by atomic mass is 79.9. The van der Waals surface area contributed by atoms with E-state index < -0.39 is 5.56 Å². The number of carbonyl (C=O) groups excluding carboxylic acids is 1. The lowest BCUT2D eigenvalue weighted by molar-refractivity contribution is -0.113. The summed E-state index contributed by atoms with van der Waals surface area (Å²) in [5.74, 6) is 0.492. The van der Waals surface area contributed by atoms with E-state index in [1.807, 2.05) is 0 Å². The van der Waals surface area contributed by atoms with Crippen molar-refractivity contribution in [3.8, 4) is 11.4 Å². The standard InChI is InChI=1S/C19H14Br3ClN4O3S/c1-30-12-6-11(20)18(17(22)16(12)21)25-15(29)8-31-19-26-14(28)7-13(24)27(19)10-4-2-9(23)3-5-10/h2-7H,8,24H2,1H3,(H,25,29). The van der Waals surface area contributed by atoms with Crippen molar-refractivity contribution in [1.29, 1.82) is 0 Å². The summed E-state index contributed by atoms with van der Waals surface area (Å²) in [5, 5.41) is 3.68. The highest BCUT2D eigenvalue weighted by Gasteiger charge is 2.18. The third kappa shape index (κ3) is 5.64. The maximum absolute atomic E-state index is 12.6. The summed E-state index contributed by atoms with van der Waals surface area (Å²) in [6, 6.07) is 9.85. The Kier molecular flexibility index (Phi) is 8.08. The molecule has 162 valence electrons. The van der Waals surface area contributed by atoms with Gasteiger partial charge in [-0.3, -0.25) is 14.2 Å². The summed E-state index contributed by atoms with van der Waals surface area (Å²) in [7, 11) is 1.55. The number of hydrogen-bond donors (Lipinski definition) is 2. The number of nitrogens with zero attached hydrogens (tertiary/aromatic N) is 2. The summed E-state index contributed by atoms with van der Waals surface area (Å²) in [5.41, 5.74) is 6.77. The van der Waals surface area contributed by atoms with Gasteiger partial charge in [0.2, 0.25) is 5.91 Å². The van der Waals surface area contributed by atoms with Gasteiger partial charge in [0.1, 0.15) is 11.6 Å². The molecule has 0 fully saturated rings. The van der Waals surface area contributed by atoms with Gasteiger partial charge >= 0.3 is 0 Å². The zero-order chi connectivity index (χ0) is 22.7. The molecule has 1 amide bonds. The van der Waals surface area contributed by atoms with Crippen LogP contribution in [0.5, 0.6) is 5.75 Å². The number of nitrogens with two attached hydrogens (primary N) is 1. The van der Waals surface area contributed by atoms with Crippen LogP contribution in [0.4, 0.5) is 11.5 Å². The molecule has 0 bridgehead atoms. The van der Waals surface area contributed by atoms with Crippen LogP contribution in [0.2, 0.25) is 5.02 Å². The molecule has 31 heavy (non-hydrogen) atoms. The van der Waals surface area contributed by atoms with Crippen molar-refractivity contribution in [2.75, 3.05) is 23.9 Å². The number of aromatic nitrogens is 2. The number of methoxy groups -OCH3 is 1. The molecule has 0 atom stereocenters. The van der Waals surface area contributed by atoms with E-state index in [2.05, 4.69) is 58.1 Å². The fourth-order valence-corrected chi connectivity index (χ4v) is 5.27. The van der Waals surface area contributed by atoms with Crippen LogP contribution in [0.3, 0.4) is 0 Å². The van der Waals surface area contributed by atoms with E-state index in [9.17, 15) is 9.59 Å². The Morgan fingerprint density at radius 3 is 2.55 bits per heavy atom. The second kappa shape index (κ2) is 10.4. The number of halogens is 4. The molecule has 0 radical (unpaired) electrons. The first-order valence-corrected chi connectivity index (χ1v) is 12.2. The van der Waals surface area contributed by atoms with Crippen LogP contribution >= 0.6 is 71.2 Å². The summed E-state index contributed by atoms with van der Waals surface area (Å²) in [6.07, 6.45) is 0. The Labute approximate surface area is 212 Å². The molecule has 2 aromatic carbocycles. The first-order valence-electron chi connectivity index (χ1n) is 8.51. The summed E-state index contributed by atoms with van der Waals surface area (Å²) >= 11 is 17.3. The van der Waals surface area contributed by atoms with E-state index in [4.69, 9.17) is 22.1 Å². The van der Waals surface area contributed by atoms with E-state index >= 15 is 0 Å². The van der Waals surface area contributed by atoms with Crippen molar-refractivity contribution in [2.24, 2.45) is 0 Å². The molecule has 7 nitrogen and oxygen atoms in total. The van der Waals surface area contributed by atoms with Crippen molar-refractivity contribution in [3.63, 3.8) is 0 Å². The second-order valence-electron chi connectivity index (χ2n) is 6.01. The quantitative estimate of drug-likeness (QED) is 0.207. The van der Waals surface area contributed by atoms with Gasteiger partial charge in [-0.05, 0) is 78.1 Å². The van der Waals surface area contributed by atoms with Gasteiger partial charge in [-0.2, -0.15) is 4.98 Å². The first-order chi connectivity index (χ1) is 14.7. The van der Waals surface area contributed by atoms with E-state index in [1.54, 1.807) is 42.0 Å². The van der Waals surface area contributed by atoms with Crippen LogP contribution < -0.4 is 21.3 Å². The van der Waals surface area contributed by atoms with Gasteiger partial charge in [0, 0.05) is 21.2 Å². The van der Waals surface area contributed by atoms with Crippen LogP contribution in [0.15, 0.2) is 59.8 Å². The second-order valence-corrected chi connectivity index (χ2v) is 9.83. The fourth-order valence-electron chi connectivity index (χ4n) is 2.57. The molecular formula is C19H14Br3ClN4O3S. The molecule has 12 heteroatoms. The van der Waals surface area contributed by atoms with E-state index in [0.717, 1.165) is 11.8 Å². The molecule has 1 aromatic heterocycles. The van der Waals surface area contributed by atoms with Gasteiger partial charge in [0.05, 0.1) is 27.5 Å². The third-order valence-electron chi connectivity index (χ3n) is 3.95. The number of thioether (sulfide) groups is 1. The lowest BCUT2D eigenvalue weighted by Crippen LogP contribution is -2.19. The highest BCUT2D eigenvalue weighted by molar-refractivity contribution is 9.13. The molecule has 0 aliphatic heterocycles. The molecule has 0 saturated carbocycles. The van der Waals surface area contributed by atoms with E-state index in [-0.39, 0.29) is 22.6 Å². The van der Waals surface area contributed by atoms with Crippen LogP contribution in [0.1, 0.15) is 0 Å². The molecule has 1 heterocycles. The van der Waals surface area contributed by atoms with Gasteiger partial charge in [-0.1, -0.05) is 23.4 Å². The highest BCUT2D eigenvalue weighted by Crippen LogP contribution is 2.43. The van der Waals surface area contributed by atoms with Gasteiger partial charge in [0.15, 0.2) is 5.16 Å². The van der Waals surface area contributed by atoms with Gasteiger partial charge in [-0.25, -0.2) is 0 Å². The van der Waals surface area contributed by atoms with Crippen LogP contribution in [-0.2, 0) is 4.79 Å². The van der Waals surface area contributed by atoms with Crippen molar-refractivity contribution < 1.29 is 9.53 Å². The molecule has 3 rings (SSSR count). The Morgan fingerprint density at radius 2 is 1.90 bits per heavy atom. The zero-order valence-electron chi connectivity index (χ0n) is 15.8. The maximum atomic E-state index is 12.6. The topological polar surface area (TPSA) is 99.2 Å². The van der Waals surface area contributed by atoms with Crippen molar-refractivity contribution in [1.82, 2.24) is 9.55 Å². The average molecular weight is 654 g/mol. The monoisotopic (exact) mass is 650 g/mol. The number of hydrogen-bond acceptors (Lipinski definition) is 6. The normalized spacial score (nSPS) is 10.7. The average Bonchev–Trinajstić information content (AvgIpc) is 2.73. The smallest absolute Gasteiger partial charge is 0.275 e. The van der Waals surface area contributed by atoms with Gasteiger partial charge < -0.3 is 15.8 Å². The lowest BCUT2D eigenvalue weighted by Gasteiger charge is -2.16. The van der Waals surface area contributed by atoms with E-state index in [0.29, 0.717) is 35.6 Å². The molecule has 3 N–H and O–H groups in total. The number of nitrogens with one attached hydrogen (secondary N) is 1.